The van der Waals surface area contributed by atoms with E-state index in [1.165, 1.54) is 12.8 Å². The molecule has 0 bridgehead atoms. The second-order valence-corrected chi connectivity index (χ2v) is 5.76. The highest BCUT2D eigenvalue weighted by Gasteiger charge is 2.28. The Kier molecular flexibility index (Phi) is 5.01. The van der Waals surface area contributed by atoms with Crippen molar-refractivity contribution in [3.8, 4) is 0 Å². The minimum atomic E-state index is 0.0116. The van der Waals surface area contributed by atoms with Crippen molar-refractivity contribution in [2.24, 2.45) is 5.92 Å². The second-order valence-electron chi connectivity index (χ2n) is 5.76. The Morgan fingerprint density at radius 3 is 2.78 bits per heavy atom. The van der Waals surface area contributed by atoms with Gasteiger partial charge in [-0.1, -0.05) is 6.92 Å². The van der Waals surface area contributed by atoms with Crippen molar-refractivity contribution in [2.45, 2.75) is 51.6 Å². The number of nitrogens with one attached hydrogen (secondary N) is 2. The van der Waals surface area contributed by atoms with Gasteiger partial charge < -0.3 is 10.6 Å². The molecule has 2 atom stereocenters. The molecule has 0 radical (unpaired) electrons. The SMILES string of the molecule is CCN(CC1CCCNC1)C(C)C(=O)NC1CC1. The topological polar surface area (TPSA) is 44.4 Å². The predicted octanol–water partition coefficient (Wildman–Crippen LogP) is 0.975. The van der Waals surface area contributed by atoms with Crippen LogP contribution in [0.4, 0.5) is 0 Å². The zero-order valence-electron chi connectivity index (χ0n) is 11.7. The van der Waals surface area contributed by atoms with Crippen LogP contribution in [0.25, 0.3) is 0 Å². The van der Waals surface area contributed by atoms with Gasteiger partial charge in [0.1, 0.15) is 0 Å². The summed E-state index contributed by atoms with van der Waals surface area (Å²) in [5, 5.41) is 6.56. The highest BCUT2D eigenvalue weighted by Crippen LogP contribution is 2.19. The molecule has 0 aromatic heterocycles. The first-order valence-corrected chi connectivity index (χ1v) is 7.45. The molecule has 1 aliphatic heterocycles. The molecule has 0 aromatic carbocycles. The Morgan fingerprint density at radius 1 is 1.44 bits per heavy atom. The Hall–Kier alpha value is -0.610. The van der Waals surface area contributed by atoms with Gasteiger partial charge in [-0.25, -0.2) is 0 Å². The van der Waals surface area contributed by atoms with E-state index in [4.69, 9.17) is 0 Å². The van der Waals surface area contributed by atoms with Crippen molar-refractivity contribution in [3.63, 3.8) is 0 Å². The summed E-state index contributed by atoms with van der Waals surface area (Å²) in [5.74, 6) is 0.915. The maximum absolute atomic E-state index is 12.1. The lowest BCUT2D eigenvalue weighted by molar-refractivity contribution is -0.126. The van der Waals surface area contributed by atoms with E-state index in [9.17, 15) is 4.79 Å². The van der Waals surface area contributed by atoms with E-state index in [-0.39, 0.29) is 11.9 Å². The molecule has 2 N–H and O–H groups in total. The average molecular weight is 253 g/mol. The quantitative estimate of drug-likeness (QED) is 0.741. The van der Waals surface area contributed by atoms with Gasteiger partial charge in [0, 0.05) is 12.6 Å². The van der Waals surface area contributed by atoms with Gasteiger partial charge in [0.25, 0.3) is 0 Å². The Balaban J connectivity index is 1.79. The van der Waals surface area contributed by atoms with Gasteiger partial charge >= 0.3 is 0 Å². The van der Waals surface area contributed by atoms with Gasteiger partial charge in [0.15, 0.2) is 0 Å². The molecule has 1 amide bonds. The Bertz CT molecular complexity index is 272. The lowest BCUT2D eigenvalue weighted by Gasteiger charge is -2.32. The van der Waals surface area contributed by atoms with Crippen LogP contribution in [0.1, 0.15) is 39.5 Å². The maximum Gasteiger partial charge on any atom is 0.237 e. The van der Waals surface area contributed by atoms with Gasteiger partial charge in [-0.3, -0.25) is 9.69 Å². The summed E-state index contributed by atoms with van der Waals surface area (Å²) in [6.07, 6.45) is 4.89. The number of hydrogen-bond acceptors (Lipinski definition) is 3. The van der Waals surface area contributed by atoms with Crippen molar-refractivity contribution in [3.05, 3.63) is 0 Å². The average Bonchev–Trinajstić information content (AvgIpc) is 3.20. The lowest BCUT2D eigenvalue weighted by Crippen LogP contribution is -2.48. The number of rotatable bonds is 6. The van der Waals surface area contributed by atoms with Crippen LogP contribution in [0.2, 0.25) is 0 Å². The summed E-state index contributed by atoms with van der Waals surface area (Å²) in [7, 11) is 0. The maximum atomic E-state index is 12.1. The summed E-state index contributed by atoms with van der Waals surface area (Å²) in [6.45, 7) is 8.45. The lowest BCUT2D eigenvalue weighted by atomic mass is 9.98. The summed E-state index contributed by atoms with van der Waals surface area (Å²) in [6, 6.07) is 0.479. The zero-order chi connectivity index (χ0) is 13.0. The third-order valence-corrected chi connectivity index (χ3v) is 4.15. The molecule has 104 valence electrons. The number of piperidine rings is 1. The number of carbonyl (C=O) groups excluding carboxylic acids is 1. The Morgan fingerprint density at radius 2 is 2.22 bits per heavy atom. The van der Waals surface area contributed by atoms with E-state index in [2.05, 4.69) is 22.5 Å². The summed E-state index contributed by atoms with van der Waals surface area (Å²) >= 11 is 0. The van der Waals surface area contributed by atoms with Gasteiger partial charge in [0.2, 0.25) is 5.91 Å². The third-order valence-electron chi connectivity index (χ3n) is 4.15. The zero-order valence-corrected chi connectivity index (χ0v) is 11.7. The van der Waals surface area contributed by atoms with Crippen molar-refractivity contribution >= 4 is 5.91 Å². The molecule has 1 saturated carbocycles. The standard InChI is InChI=1S/C14H27N3O/c1-3-17(10-12-5-4-8-15-9-12)11(2)14(18)16-13-6-7-13/h11-13,15H,3-10H2,1-2H3,(H,16,18). The molecule has 2 rings (SSSR count). The Labute approximate surface area is 110 Å². The van der Waals surface area contributed by atoms with E-state index in [0.717, 1.165) is 39.0 Å². The van der Waals surface area contributed by atoms with Crippen LogP contribution in [0.3, 0.4) is 0 Å². The van der Waals surface area contributed by atoms with Gasteiger partial charge in [-0.15, -0.1) is 0 Å². The highest BCUT2D eigenvalue weighted by atomic mass is 16.2. The van der Waals surface area contributed by atoms with Crippen LogP contribution in [0.15, 0.2) is 0 Å². The minimum absolute atomic E-state index is 0.0116. The van der Waals surface area contributed by atoms with Crippen LogP contribution in [0, 0.1) is 5.92 Å². The molecular weight excluding hydrogens is 226 g/mol. The van der Waals surface area contributed by atoms with Crippen LogP contribution in [-0.4, -0.2) is 49.1 Å². The van der Waals surface area contributed by atoms with E-state index < -0.39 is 0 Å². The van der Waals surface area contributed by atoms with Crippen molar-refractivity contribution < 1.29 is 4.79 Å². The molecule has 18 heavy (non-hydrogen) atoms. The number of amides is 1. The van der Waals surface area contributed by atoms with Gasteiger partial charge in [-0.2, -0.15) is 0 Å². The molecule has 1 saturated heterocycles. The fourth-order valence-corrected chi connectivity index (χ4v) is 2.69. The smallest absolute Gasteiger partial charge is 0.237 e. The van der Waals surface area contributed by atoms with Crippen LogP contribution < -0.4 is 10.6 Å². The van der Waals surface area contributed by atoms with Crippen molar-refractivity contribution in [2.75, 3.05) is 26.2 Å². The molecule has 4 nitrogen and oxygen atoms in total. The van der Waals surface area contributed by atoms with E-state index in [0.29, 0.717) is 12.0 Å². The van der Waals surface area contributed by atoms with E-state index >= 15 is 0 Å². The molecule has 0 spiro atoms. The summed E-state index contributed by atoms with van der Waals surface area (Å²) in [5.41, 5.74) is 0. The normalized spacial score (nSPS) is 26.1. The first-order chi connectivity index (χ1) is 8.70. The van der Waals surface area contributed by atoms with Crippen molar-refractivity contribution in [1.82, 2.24) is 15.5 Å². The molecule has 1 aliphatic carbocycles. The molecule has 0 aromatic rings. The van der Waals surface area contributed by atoms with E-state index in [1.54, 1.807) is 0 Å². The first-order valence-electron chi connectivity index (χ1n) is 7.45. The largest absolute Gasteiger partial charge is 0.352 e. The number of carbonyl (C=O) groups is 1. The van der Waals surface area contributed by atoms with Crippen molar-refractivity contribution in [1.29, 1.82) is 0 Å². The highest BCUT2D eigenvalue weighted by molar-refractivity contribution is 5.81. The number of likely N-dealkylation sites (N-methyl/N-ethyl adjacent to an activating group) is 1. The first kappa shape index (κ1) is 13.8. The van der Waals surface area contributed by atoms with Crippen LogP contribution in [0.5, 0.6) is 0 Å². The van der Waals surface area contributed by atoms with Crippen LogP contribution in [-0.2, 0) is 4.79 Å². The predicted molar refractivity (Wildman–Crippen MR) is 73.5 cm³/mol. The van der Waals surface area contributed by atoms with Gasteiger partial charge in [0.05, 0.1) is 6.04 Å². The second kappa shape index (κ2) is 6.53. The summed E-state index contributed by atoms with van der Waals surface area (Å²) in [4.78, 5) is 14.4. The third kappa shape index (κ3) is 3.95. The molecular formula is C14H27N3O. The van der Waals surface area contributed by atoms with Gasteiger partial charge in [-0.05, 0) is 58.2 Å². The molecule has 2 aliphatic rings. The fourth-order valence-electron chi connectivity index (χ4n) is 2.69. The summed E-state index contributed by atoms with van der Waals surface area (Å²) < 4.78 is 0. The molecule has 4 heteroatoms. The van der Waals surface area contributed by atoms with Crippen LogP contribution >= 0.6 is 0 Å². The number of nitrogens with zero attached hydrogens (tertiary/aromatic N) is 1. The minimum Gasteiger partial charge on any atom is -0.352 e. The molecule has 2 fully saturated rings. The molecule has 2 unspecified atom stereocenters. The monoisotopic (exact) mass is 253 g/mol. The van der Waals surface area contributed by atoms with E-state index in [1.807, 2.05) is 6.92 Å². The number of hydrogen-bond donors (Lipinski definition) is 2. The molecule has 1 heterocycles. The fraction of sp³-hybridized carbons (Fsp3) is 0.929.